The van der Waals surface area contributed by atoms with Crippen LogP contribution in [0.1, 0.15) is 29.8 Å². The summed E-state index contributed by atoms with van der Waals surface area (Å²) in [7, 11) is 1.77. The Balaban J connectivity index is 1.98. The van der Waals surface area contributed by atoms with Crippen LogP contribution in [0.2, 0.25) is 0 Å². The monoisotopic (exact) mass is 283 g/mol. The molecule has 2 rings (SSSR count). The number of aryl methyl sites for hydroxylation is 2. The van der Waals surface area contributed by atoms with Gasteiger partial charge in [-0.1, -0.05) is 12.1 Å². The molecule has 0 saturated carbocycles. The Kier molecular flexibility index (Phi) is 4.24. The molecule has 1 aromatic carbocycles. The highest BCUT2D eigenvalue weighted by Crippen LogP contribution is 2.14. The first-order chi connectivity index (χ1) is 9.99. The molecule has 0 radical (unpaired) electrons. The van der Waals surface area contributed by atoms with Gasteiger partial charge in [-0.3, -0.25) is 10.00 Å². The molecule has 0 aliphatic carbocycles. The maximum Gasteiger partial charge on any atom is 0.320 e. The number of rotatable bonds is 3. The predicted molar refractivity (Wildman–Crippen MR) is 79.7 cm³/mol. The Bertz CT molecular complexity index is 681. The van der Waals surface area contributed by atoms with Crippen LogP contribution < -0.4 is 10.6 Å². The molecule has 2 aromatic rings. The molecule has 6 heteroatoms. The molecule has 1 heterocycles. The topological polar surface area (TPSA) is 82.7 Å². The van der Waals surface area contributed by atoms with E-state index < -0.39 is 0 Å². The second-order valence-electron chi connectivity index (χ2n) is 4.85. The van der Waals surface area contributed by atoms with E-state index in [9.17, 15) is 4.79 Å². The summed E-state index contributed by atoms with van der Waals surface area (Å²) < 4.78 is 1.61. The zero-order valence-electron chi connectivity index (χ0n) is 12.2. The minimum atomic E-state index is -0.296. The zero-order chi connectivity index (χ0) is 15.4. The molecule has 0 bridgehead atoms. The normalized spacial score (nSPS) is 11.5. The van der Waals surface area contributed by atoms with Gasteiger partial charge in [0.25, 0.3) is 0 Å². The van der Waals surface area contributed by atoms with E-state index in [-0.39, 0.29) is 12.1 Å². The van der Waals surface area contributed by atoms with Gasteiger partial charge in [0.15, 0.2) is 0 Å². The van der Waals surface area contributed by atoms with Gasteiger partial charge < -0.3 is 5.32 Å². The lowest BCUT2D eigenvalue weighted by molar-refractivity contribution is 0.249. The minimum absolute atomic E-state index is 0.160. The number of benzene rings is 1. The van der Waals surface area contributed by atoms with Crippen LogP contribution in [0.25, 0.3) is 0 Å². The number of carbonyl (C=O) groups excluding carboxylic acids is 1. The van der Waals surface area contributed by atoms with Gasteiger partial charge in [0.1, 0.15) is 5.82 Å². The fraction of sp³-hybridized carbons (Fsp3) is 0.267. The van der Waals surface area contributed by atoms with Crippen LogP contribution in [0, 0.1) is 18.3 Å². The lowest BCUT2D eigenvalue weighted by Gasteiger charge is -2.15. The van der Waals surface area contributed by atoms with Gasteiger partial charge in [0.2, 0.25) is 0 Å². The van der Waals surface area contributed by atoms with Crippen LogP contribution >= 0.6 is 0 Å². The van der Waals surface area contributed by atoms with Crippen molar-refractivity contribution in [3.05, 3.63) is 47.2 Å². The van der Waals surface area contributed by atoms with E-state index in [1.807, 2.05) is 26.0 Å². The van der Waals surface area contributed by atoms with E-state index in [0.29, 0.717) is 11.4 Å². The maximum atomic E-state index is 12.0. The van der Waals surface area contributed by atoms with E-state index >= 15 is 0 Å². The Morgan fingerprint density at radius 3 is 2.57 bits per heavy atom. The minimum Gasteiger partial charge on any atom is -0.331 e. The van der Waals surface area contributed by atoms with Crippen molar-refractivity contribution in [2.45, 2.75) is 19.9 Å². The Morgan fingerprint density at radius 1 is 1.38 bits per heavy atom. The number of urea groups is 1. The largest absolute Gasteiger partial charge is 0.331 e. The van der Waals surface area contributed by atoms with E-state index in [1.165, 1.54) is 0 Å². The summed E-state index contributed by atoms with van der Waals surface area (Å²) in [5.41, 5.74) is 2.37. The number of nitriles is 1. The zero-order valence-corrected chi connectivity index (χ0v) is 12.2. The highest BCUT2D eigenvalue weighted by Gasteiger charge is 2.11. The van der Waals surface area contributed by atoms with Crippen molar-refractivity contribution in [2.75, 3.05) is 5.32 Å². The molecular weight excluding hydrogens is 266 g/mol. The van der Waals surface area contributed by atoms with Gasteiger partial charge in [0.05, 0.1) is 23.4 Å². The van der Waals surface area contributed by atoms with Crippen LogP contribution in [0.15, 0.2) is 30.3 Å². The number of nitrogens with one attached hydrogen (secondary N) is 2. The van der Waals surface area contributed by atoms with Crippen LogP contribution in [0.3, 0.4) is 0 Å². The van der Waals surface area contributed by atoms with E-state index in [4.69, 9.17) is 5.26 Å². The second-order valence-corrected chi connectivity index (χ2v) is 4.85. The standard InChI is InChI=1S/C15H17N5O/c1-10-8-14(20(3)19-10)18-15(21)17-11(2)13-6-4-12(9-16)5-7-13/h4-8,11H,1-3H3,(H2,17,18,21)/t11-/m1/s1. The van der Waals surface area contributed by atoms with Gasteiger partial charge in [-0.2, -0.15) is 10.4 Å². The van der Waals surface area contributed by atoms with Crippen molar-refractivity contribution < 1.29 is 4.79 Å². The molecule has 0 aliphatic heterocycles. The van der Waals surface area contributed by atoms with E-state index in [2.05, 4.69) is 21.8 Å². The molecule has 0 fully saturated rings. The Morgan fingerprint density at radius 2 is 2.05 bits per heavy atom. The molecular formula is C15H17N5O. The molecule has 1 atom stereocenters. The highest BCUT2D eigenvalue weighted by atomic mass is 16.2. The summed E-state index contributed by atoms with van der Waals surface area (Å²) in [6.45, 7) is 3.75. The SMILES string of the molecule is Cc1cc(NC(=O)N[C@H](C)c2ccc(C#N)cc2)n(C)n1. The van der Waals surface area contributed by atoms with Gasteiger partial charge in [-0.15, -0.1) is 0 Å². The molecule has 0 spiro atoms. The fourth-order valence-corrected chi connectivity index (χ4v) is 2.01. The highest BCUT2D eigenvalue weighted by molar-refractivity contribution is 5.88. The first-order valence-corrected chi connectivity index (χ1v) is 6.58. The summed E-state index contributed by atoms with van der Waals surface area (Å²) in [6.07, 6.45) is 0. The molecule has 0 saturated heterocycles. The van der Waals surface area contributed by atoms with E-state index in [0.717, 1.165) is 11.3 Å². The molecule has 0 unspecified atom stereocenters. The lowest BCUT2D eigenvalue weighted by atomic mass is 10.1. The van der Waals surface area contributed by atoms with Crippen LogP contribution in [-0.4, -0.2) is 15.8 Å². The number of amides is 2. The smallest absolute Gasteiger partial charge is 0.320 e. The summed E-state index contributed by atoms with van der Waals surface area (Å²) >= 11 is 0. The number of aromatic nitrogens is 2. The quantitative estimate of drug-likeness (QED) is 0.907. The summed E-state index contributed by atoms with van der Waals surface area (Å²) in [6, 6.07) is 10.5. The number of hydrogen-bond donors (Lipinski definition) is 2. The van der Waals surface area contributed by atoms with Gasteiger partial charge in [-0.05, 0) is 31.5 Å². The van der Waals surface area contributed by atoms with Gasteiger partial charge >= 0.3 is 6.03 Å². The second kappa shape index (κ2) is 6.09. The van der Waals surface area contributed by atoms with Gasteiger partial charge in [-0.25, -0.2) is 4.79 Å². The fourth-order valence-electron chi connectivity index (χ4n) is 2.01. The summed E-state index contributed by atoms with van der Waals surface area (Å²) in [4.78, 5) is 12.0. The average Bonchev–Trinajstić information content (AvgIpc) is 2.76. The van der Waals surface area contributed by atoms with Crippen molar-refractivity contribution in [1.29, 1.82) is 5.26 Å². The van der Waals surface area contributed by atoms with Gasteiger partial charge in [0, 0.05) is 13.1 Å². The maximum absolute atomic E-state index is 12.0. The van der Waals surface area contributed by atoms with Crippen LogP contribution in [0.4, 0.5) is 10.6 Å². The van der Waals surface area contributed by atoms with Crippen molar-refractivity contribution in [2.24, 2.45) is 7.05 Å². The third kappa shape index (κ3) is 3.60. The summed E-state index contributed by atoms with van der Waals surface area (Å²) in [5, 5.41) is 18.5. The third-order valence-corrected chi connectivity index (χ3v) is 3.13. The van der Waals surface area contributed by atoms with Crippen molar-refractivity contribution in [3.63, 3.8) is 0 Å². The van der Waals surface area contributed by atoms with Crippen molar-refractivity contribution >= 4 is 11.8 Å². The molecule has 21 heavy (non-hydrogen) atoms. The number of hydrogen-bond acceptors (Lipinski definition) is 3. The molecule has 2 N–H and O–H groups in total. The molecule has 2 amide bonds. The lowest BCUT2D eigenvalue weighted by Crippen LogP contribution is -2.31. The van der Waals surface area contributed by atoms with E-state index in [1.54, 1.807) is 29.9 Å². The molecule has 6 nitrogen and oxygen atoms in total. The predicted octanol–water partition coefficient (Wildman–Crippen LogP) is 2.48. The molecule has 108 valence electrons. The molecule has 0 aliphatic rings. The summed E-state index contributed by atoms with van der Waals surface area (Å²) in [5.74, 6) is 0.636. The van der Waals surface area contributed by atoms with Crippen molar-refractivity contribution in [3.8, 4) is 6.07 Å². The number of anilines is 1. The number of carbonyl (C=O) groups is 1. The van der Waals surface area contributed by atoms with Crippen LogP contribution in [-0.2, 0) is 7.05 Å². The third-order valence-electron chi connectivity index (χ3n) is 3.13. The first kappa shape index (κ1) is 14.6. The first-order valence-electron chi connectivity index (χ1n) is 6.58. The molecule has 1 aromatic heterocycles. The van der Waals surface area contributed by atoms with Crippen molar-refractivity contribution in [1.82, 2.24) is 15.1 Å². The van der Waals surface area contributed by atoms with Crippen LogP contribution in [0.5, 0.6) is 0 Å². The Hall–Kier alpha value is -2.81. The number of nitrogens with zero attached hydrogens (tertiary/aromatic N) is 3. The average molecular weight is 283 g/mol. The Labute approximate surface area is 123 Å².